The normalized spacial score (nSPS) is 11.8. The molecule has 0 spiro atoms. The number of nitrogens with zero attached hydrogens (tertiary/aromatic N) is 2. The predicted molar refractivity (Wildman–Crippen MR) is 59.6 cm³/mol. The number of hydrogen-bond acceptors (Lipinski definition) is 3. The van der Waals surface area contributed by atoms with E-state index in [-0.39, 0.29) is 5.78 Å². The summed E-state index contributed by atoms with van der Waals surface area (Å²) in [6.07, 6.45) is 0.359. The zero-order valence-electron chi connectivity index (χ0n) is 9.87. The van der Waals surface area contributed by atoms with Crippen molar-refractivity contribution in [3.8, 4) is 0 Å². The van der Waals surface area contributed by atoms with Gasteiger partial charge in [0.05, 0.1) is 17.7 Å². The van der Waals surface area contributed by atoms with Gasteiger partial charge in [0.25, 0.3) is 0 Å². The molecule has 0 aromatic carbocycles. The summed E-state index contributed by atoms with van der Waals surface area (Å²) in [5.41, 5.74) is 6.86. The number of ketones is 1. The van der Waals surface area contributed by atoms with Crippen molar-refractivity contribution in [2.45, 2.75) is 46.2 Å². The molecule has 0 bridgehead atoms. The first-order chi connectivity index (χ1) is 6.84. The fourth-order valence-electron chi connectivity index (χ4n) is 1.41. The average molecular weight is 209 g/mol. The zero-order chi connectivity index (χ0) is 11.6. The largest absolute Gasteiger partial charge is 0.319 e. The highest BCUT2D eigenvalue weighted by Crippen LogP contribution is 2.09. The first-order valence-electron chi connectivity index (χ1n) is 5.20. The molecular weight excluding hydrogens is 190 g/mol. The van der Waals surface area contributed by atoms with Gasteiger partial charge in [-0.1, -0.05) is 0 Å². The van der Waals surface area contributed by atoms with Crippen LogP contribution in [0.4, 0.5) is 0 Å². The van der Waals surface area contributed by atoms with Crippen LogP contribution < -0.4 is 5.73 Å². The van der Waals surface area contributed by atoms with Crippen molar-refractivity contribution in [2.75, 3.05) is 0 Å². The van der Waals surface area contributed by atoms with Crippen molar-refractivity contribution in [1.29, 1.82) is 0 Å². The van der Waals surface area contributed by atoms with Crippen molar-refractivity contribution in [3.63, 3.8) is 0 Å². The number of carbonyl (C=O) groups is 1. The summed E-state index contributed by atoms with van der Waals surface area (Å²) in [5.74, 6) is 0.0390. The minimum atomic E-state index is -0.767. The van der Waals surface area contributed by atoms with Crippen LogP contribution in [-0.2, 0) is 17.8 Å². The molecule has 0 atom stereocenters. The van der Waals surface area contributed by atoms with E-state index in [0.717, 1.165) is 17.9 Å². The highest BCUT2D eigenvalue weighted by atomic mass is 16.1. The number of aromatic nitrogens is 2. The van der Waals surface area contributed by atoms with E-state index in [1.165, 1.54) is 0 Å². The molecule has 0 aliphatic rings. The molecule has 1 heterocycles. The molecule has 0 aliphatic carbocycles. The average Bonchev–Trinajstić information content (AvgIpc) is 2.44. The quantitative estimate of drug-likeness (QED) is 0.806. The zero-order valence-corrected chi connectivity index (χ0v) is 9.87. The lowest BCUT2D eigenvalue weighted by molar-refractivity contribution is -0.122. The van der Waals surface area contributed by atoms with Gasteiger partial charge in [-0.2, -0.15) is 5.10 Å². The van der Waals surface area contributed by atoms with Gasteiger partial charge in [0.15, 0.2) is 5.78 Å². The molecule has 4 heteroatoms. The summed E-state index contributed by atoms with van der Waals surface area (Å²) in [7, 11) is 0. The lowest BCUT2D eigenvalue weighted by Gasteiger charge is -2.16. The minimum absolute atomic E-state index is 0.0390. The highest BCUT2D eigenvalue weighted by Gasteiger charge is 2.23. The van der Waals surface area contributed by atoms with Gasteiger partial charge in [-0.15, -0.1) is 0 Å². The maximum absolute atomic E-state index is 11.7. The minimum Gasteiger partial charge on any atom is -0.319 e. The Morgan fingerprint density at radius 3 is 2.67 bits per heavy atom. The van der Waals surface area contributed by atoms with E-state index in [4.69, 9.17) is 5.73 Å². The van der Waals surface area contributed by atoms with Crippen molar-refractivity contribution >= 4 is 5.78 Å². The third kappa shape index (κ3) is 2.89. The lowest BCUT2D eigenvalue weighted by atomic mass is 9.97. The summed E-state index contributed by atoms with van der Waals surface area (Å²) in [6.45, 7) is 8.17. The molecule has 4 nitrogen and oxygen atoms in total. The fraction of sp³-hybridized carbons (Fsp3) is 0.636. The lowest BCUT2D eigenvalue weighted by Crippen LogP contribution is -2.42. The smallest absolute Gasteiger partial charge is 0.157 e. The molecule has 2 N–H and O–H groups in total. The number of Topliss-reactive ketones (excluding diaryl/α,β-unsaturated/α-hetero) is 1. The molecule has 84 valence electrons. The van der Waals surface area contributed by atoms with Crippen LogP contribution in [0.25, 0.3) is 0 Å². The van der Waals surface area contributed by atoms with E-state index in [1.54, 1.807) is 13.8 Å². The molecule has 0 aliphatic heterocycles. The molecule has 0 radical (unpaired) electrons. The molecule has 0 saturated heterocycles. The molecule has 0 unspecified atom stereocenters. The highest BCUT2D eigenvalue weighted by molar-refractivity contribution is 5.88. The third-order valence-electron chi connectivity index (χ3n) is 2.35. The molecule has 0 amide bonds. The van der Waals surface area contributed by atoms with Gasteiger partial charge < -0.3 is 5.73 Å². The van der Waals surface area contributed by atoms with Crippen LogP contribution >= 0.6 is 0 Å². The molecule has 0 fully saturated rings. The standard InChI is InChI=1S/C11H19N3O/c1-5-14-9(6-8(2)13-14)7-10(15)11(3,4)12/h6H,5,7,12H2,1-4H3. The molecule has 1 aromatic heterocycles. The first kappa shape index (κ1) is 11.9. The van der Waals surface area contributed by atoms with Crippen molar-refractivity contribution < 1.29 is 4.79 Å². The summed E-state index contributed by atoms with van der Waals surface area (Å²) in [4.78, 5) is 11.7. The third-order valence-corrected chi connectivity index (χ3v) is 2.35. The Bertz CT molecular complexity index is 360. The molecule has 15 heavy (non-hydrogen) atoms. The van der Waals surface area contributed by atoms with Crippen LogP contribution in [0.2, 0.25) is 0 Å². The Hall–Kier alpha value is -1.16. The van der Waals surface area contributed by atoms with E-state index in [9.17, 15) is 4.79 Å². The van der Waals surface area contributed by atoms with Gasteiger partial charge in [-0.05, 0) is 33.8 Å². The Morgan fingerprint density at radius 2 is 2.20 bits per heavy atom. The number of nitrogens with two attached hydrogens (primary N) is 1. The molecule has 1 rings (SSSR count). The topological polar surface area (TPSA) is 60.9 Å². The summed E-state index contributed by atoms with van der Waals surface area (Å²) >= 11 is 0. The number of aryl methyl sites for hydroxylation is 2. The van der Waals surface area contributed by atoms with Crippen LogP contribution in [-0.4, -0.2) is 21.1 Å². The van der Waals surface area contributed by atoms with Gasteiger partial charge in [-0.25, -0.2) is 0 Å². The number of hydrogen-bond donors (Lipinski definition) is 1. The number of rotatable bonds is 4. The maximum atomic E-state index is 11.7. The van der Waals surface area contributed by atoms with Crippen molar-refractivity contribution in [3.05, 3.63) is 17.5 Å². The van der Waals surface area contributed by atoms with Crippen LogP contribution in [0.15, 0.2) is 6.07 Å². The van der Waals surface area contributed by atoms with Gasteiger partial charge in [-0.3, -0.25) is 9.48 Å². The second-order valence-corrected chi connectivity index (χ2v) is 4.41. The SMILES string of the molecule is CCn1nc(C)cc1CC(=O)C(C)(C)N. The molecular formula is C11H19N3O. The van der Waals surface area contributed by atoms with Gasteiger partial charge in [0.2, 0.25) is 0 Å². The Labute approximate surface area is 90.5 Å². The second-order valence-electron chi connectivity index (χ2n) is 4.41. The van der Waals surface area contributed by atoms with E-state index in [2.05, 4.69) is 5.10 Å². The Balaban J connectivity index is 2.85. The van der Waals surface area contributed by atoms with Gasteiger partial charge >= 0.3 is 0 Å². The number of carbonyl (C=O) groups excluding carboxylic acids is 1. The Kier molecular flexibility index (Phi) is 3.29. The predicted octanol–water partition coefficient (Wildman–Crippen LogP) is 1.06. The van der Waals surface area contributed by atoms with E-state index in [1.807, 2.05) is 24.6 Å². The first-order valence-corrected chi connectivity index (χ1v) is 5.20. The van der Waals surface area contributed by atoms with Crippen LogP contribution in [0.3, 0.4) is 0 Å². The van der Waals surface area contributed by atoms with E-state index >= 15 is 0 Å². The molecule has 1 aromatic rings. The second kappa shape index (κ2) is 4.14. The fourth-order valence-corrected chi connectivity index (χ4v) is 1.41. The van der Waals surface area contributed by atoms with E-state index in [0.29, 0.717) is 6.42 Å². The Morgan fingerprint density at radius 1 is 1.60 bits per heavy atom. The van der Waals surface area contributed by atoms with Crippen LogP contribution in [0.5, 0.6) is 0 Å². The van der Waals surface area contributed by atoms with Gasteiger partial charge in [0, 0.05) is 12.2 Å². The summed E-state index contributed by atoms with van der Waals surface area (Å²) in [5, 5.41) is 4.29. The summed E-state index contributed by atoms with van der Waals surface area (Å²) in [6, 6.07) is 1.94. The maximum Gasteiger partial charge on any atom is 0.157 e. The van der Waals surface area contributed by atoms with Crippen LogP contribution in [0.1, 0.15) is 32.2 Å². The van der Waals surface area contributed by atoms with Crippen molar-refractivity contribution in [1.82, 2.24) is 9.78 Å². The van der Waals surface area contributed by atoms with Crippen LogP contribution in [0, 0.1) is 6.92 Å². The molecule has 0 saturated carbocycles. The van der Waals surface area contributed by atoms with Crippen molar-refractivity contribution in [2.24, 2.45) is 5.73 Å². The van der Waals surface area contributed by atoms with E-state index < -0.39 is 5.54 Å². The van der Waals surface area contributed by atoms with Gasteiger partial charge in [0.1, 0.15) is 0 Å². The summed E-state index contributed by atoms with van der Waals surface area (Å²) < 4.78 is 1.85. The monoisotopic (exact) mass is 209 g/mol.